The Hall–Kier alpha value is -1.42. The molecule has 0 radical (unpaired) electrons. The summed E-state index contributed by atoms with van der Waals surface area (Å²) >= 11 is 3.37. The SMILES string of the molecule is COc1nc(CBr)ccc1-c1cccnc1. The molecule has 2 rings (SSSR count). The highest BCUT2D eigenvalue weighted by Crippen LogP contribution is 2.27. The predicted molar refractivity (Wildman–Crippen MR) is 66.7 cm³/mol. The molecular weight excluding hydrogens is 268 g/mol. The summed E-state index contributed by atoms with van der Waals surface area (Å²) in [5, 5.41) is 0.719. The van der Waals surface area contributed by atoms with E-state index >= 15 is 0 Å². The van der Waals surface area contributed by atoms with Crippen LogP contribution in [0.1, 0.15) is 5.69 Å². The Morgan fingerprint density at radius 2 is 2.19 bits per heavy atom. The van der Waals surface area contributed by atoms with E-state index in [0.717, 1.165) is 22.2 Å². The van der Waals surface area contributed by atoms with Crippen LogP contribution in [0.3, 0.4) is 0 Å². The van der Waals surface area contributed by atoms with Gasteiger partial charge in [0, 0.05) is 28.9 Å². The van der Waals surface area contributed by atoms with Crippen LogP contribution in [0.4, 0.5) is 0 Å². The number of nitrogens with zero attached hydrogens (tertiary/aromatic N) is 2. The summed E-state index contributed by atoms with van der Waals surface area (Å²) in [5.74, 6) is 0.630. The molecule has 82 valence electrons. The van der Waals surface area contributed by atoms with Crippen LogP contribution in [0.5, 0.6) is 5.88 Å². The van der Waals surface area contributed by atoms with E-state index in [1.807, 2.05) is 24.3 Å². The molecule has 0 aliphatic heterocycles. The molecule has 0 N–H and O–H groups in total. The fraction of sp³-hybridized carbons (Fsp3) is 0.167. The van der Waals surface area contributed by atoms with Crippen LogP contribution in [0.15, 0.2) is 36.7 Å². The minimum absolute atomic E-state index is 0.630. The van der Waals surface area contributed by atoms with Crippen LogP contribution < -0.4 is 4.74 Å². The first-order valence-electron chi connectivity index (χ1n) is 4.85. The lowest BCUT2D eigenvalue weighted by molar-refractivity contribution is 0.398. The van der Waals surface area contributed by atoms with Crippen molar-refractivity contribution in [3.63, 3.8) is 0 Å². The second-order valence-corrected chi connectivity index (χ2v) is 3.80. The molecule has 0 fully saturated rings. The number of alkyl halides is 1. The topological polar surface area (TPSA) is 35.0 Å². The van der Waals surface area contributed by atoms with Crippen molar-refractivity contribution in [3.8, 4) is 17.0 Å². The third-order valence-electron chi connectivity index (χ3n) is 2.22. The zero-order valence-electron chi connectivity index (χ0n) is 8.85. The lowest BCUT2D eigenvalue weighted by Gasteiger charge is -2.08. The Kier molecular flexibility index (Phi) is 3.51. The Morgan fingerprint density at radius 3 is 2.81 bits per heavy atom. The first kappa shape index (κ1) is 11.1. The van der Waals surface area contributed by atoms with Gasteiger partial charge in [-0.05, 0) is 18.2 Å². The number of hydrogen-bond acceptors (Lipinski definition) is 3. The summed E-state index contributed by atoms with van der Waals surface area (Å²) < 4.78 is 5.28. The summed E-state index contributed by atoms with van der Waals surface area (Å²) in [7, 11) is 1.63. The molecule has 2 aromatic heterocycles. The summed E-state index contributed by atoms with van der Waals surface area (Å²) in [6.07, 6.45) is 3.55. The van der Waals surface area contributed by atoms with E-state index in [9.17, 15) is 0 Å². The number of halogens is 1. The molecule has 3 nitrogen and oxygen atoms in total. The van der Waals surface area contributed by atoms with Crippen LogP contribution >= 0.6 is 15.9 Å². The molecule has 0 aliphatic carbocycles. The highest BCUT2D eigenvalue weighted by atomic mass is 79.9. The molecule has 0 aliphatic rings. The number of hydrogen-bond donors (Lipinski definition) is 0. The van der Waals surface area contributed by atoms with E-state index in [1.165, 1.54) is 0 Å². The molecule has 0 unspecified atom stereocenters. The van der Waals surface area contributed by atoms with Gasteiger partial charge >= 0.3 is 0 Å². The standard InChI is InChI=1S/C12H11BrN2O/c1-16-12-11(5-4-10(7-13)15-12)9-3-2-6-14-8-9/h2-6,8H,7H2,1H3. The molecule has 0 amide bonds. The zero-order chi connectivity index (χ0) is 11.4. The van der Waals surface area contributed by atoms with Crippen LogP contribution in [-0.2, 0) is 5.33 Å². The van der Waals surface area contributed by atoms with Crippen molar-refractivity contribution >= 4 is 15.9 Å². The summed E-state index contributed by atoms with van der Waals surface area (Å²) in [4.78, 5) is 8.48. The van der Waals surface area contributed by atoms with E-state index < -0.39 is 0 Å². The van der Waals surface area contributed by atoms with Crippen molar-refractivity contribution in [3.05, 3.63) is 42.4 Å². The third kappa shape index (κ3) is 2.22. The van der Waals surface area contributed by atoms with Crippen molar-refractivity contribution in [1.82, 2.24) is 9.97 Å². The number of rotatable bonds is 3. The van der Waals surface area contributed by atoms with Crippen molar-refractivity contribution < 1.29 is 4.74 Å². The van der Waals surface area contributed by atoms with Crippen LogP contribution in [-0.4, -0.2) is 17.1 Å². The molecule has 0 aromatic carbocycles. The van der Waals surface area contributed by atoms with Gasteiger partial charge < -0.3 is 4.74 Å². The van der Waals surface area contributed by atoms with Crippen molar-refractivity contribution in [2.45, 2.75) is 5.33 Å². The van der Waals surface area contributed by atoms with Gasteiger partial charge in [-0.15, -0.1) is 0 Å². The zero-order valence-corrected chi connectivity index (χ0v) is 10.4. The minimum atomic E-state index is 0.630. The molecule has 16 heavy (non-hydrogen) atoms. The highest BCUT2D eigenvalue weighted by Gasteiger charge is 2.07. The molecule has 0 spiro atoms. The maximum atomic E-state index is 5.28. The van der Waals surface area contributed by atoms with Gasteiger partial charge in [0.25, 0.3) is 0 Å². The second-order valence-electron chi connectivity index (χ2n) is 3.23. The number of methoxy groups -OCH3 is 1. The van der Waals surface area contributed by atoms with Gasteiger partial charge in [0.15, 0.2) is 0 Å². The summed E-state index contributed by atoms with van der Waals surface area (Å²) in [6, 6.07) is 7.85. The maximum Gasteiger partial charge on any atom is 0.221 e. The summed E-state index contributed by atoms with van der Waals surface area (Å²) in [6.45, 7) is 0. The van der Waals surface area contributed by atoms with Gasteiger partial charge in [0.1, 0.15) is 0 Å². The average Bonchev–Trinajstić information content (AvgIpc) is 2.39. The Morgan fingerprint density at radius 1 is 1.31 bits per heavy atom. The fourth-order valence-corrected chi connectivity index (χ4v) is 1.76. The molecule has 2 aromatic rings. The van der Waals surface area contributed by atoms with Crippen molar-refractivity contribution in [2.75, 3.05) is 7.11 Å². The summed E-state index contributed by atoms with van der Waals surface area (Å²) in [5.41, 5.74) is 2.91. The van der Waals surface area contributed by atoms with E-state index in [1.54, 1.807) is 19.5 Å². The largest absolute Gasteiger partial charge is 0.481 e. The van der Waals surface area contributed by atoms with E-state index in [2.05, 4.69) is 25.9 Å². The van der Waals surface area contributed by atoms with Crippen molar-refractivity contribution in [1.29, 1.82) is 0 Å². The molecule has 0 bridgehead atoms. The monoisotopic (exact) mass is 278 g/mol. The first-order valence-corrected chi connectivity index (χ1v) is 5.97. The number of ether oxygens (including phenoxy) is 1. The molecule has 2 heterocycles. The van der Waals surface area contributed by atoms with Crippen molar-refractivity contribution in [2.24, 2.45) is 0 Å². The van der Waals surface area contributed by atoms with Crippen LogP contribution in [0.25, 0.3) is 11.1 Å². The van der Waals surface area contributed by atoms with E-state index in [0.29, 0.717) is 5.88 Å². The molecular formula is C12H11BrN2O. The van der Waals surface area contributed by atoms with Gasteiger partial charge in [0.2, 0.25) is 5.88 Å². The van der Waals surface area contributed by atoms with Gasteiger partial charge in [0.05, 0.1) is 12.8 Å². The van der Waals surface area contributed by atoms with Gasteiger partial charge in [-0.3, -0.25) is 4.98 Å². The quantitative estimate of drug-likeness (QED) is 0.810. The third-order valence-corrected chi connectivity index (χ3v) is 2.80. The van der Waals surface area contributed by atoms with Gasteiger partial charge in [-0.1, -0.05) is 22.0 Å². The lowest BCUT2D eigenvalue weighted by atomic mass is 10.1. The maximum absolute atomic E-state index is 5.28. The predicted octanol–water partition coefficient (Wildman–Crippen LogP) is 3.05. The molecule has 0 saturated heterocycles. The fourth-order valence-electron chi connectivity index (χ4n) is 1.45. The molecule has 0 atom stereocenters. The number of pyridine rings is 2. The smallest absolute Gasteiger partial charge is 0.221 e. The lowest BCUT2D eigenvalue weighted by Crippen LogP contribution is -1.94. The van der Waals surface area contributed by atoms with Gasteiger partial charge in [-0.2, -0.15) is 0 Å². The van der Waals surface area contributed by atoms with E-state index in [4.69, 9.17) is 4.74 Å². The average molecular weight is 279 g/mol. The van der Waals surface area contributed by atoms with Gasteiger partial charge in [-0.25, -0.2) is 4.98 Å². The van der Waals surface area contributed by atoms with Crippen LogP contribution in [0, 0.1) is 0 Å². The second kappa shape index (κ2) is 5.07. The Balaban J connectivity index is 2.49. The van der Waals surface area contributed by atoms with E-state index in [-0.39, 0.29) is 0 Å². The highest BCUT2D eigenvalue weighted by molar-refractivity contribution is 9.08. The normalized spacial score (nSPS) is 10.1. The van der Waals surface area contributed by atoms with Crippen LogP contribution in [0.2, 0.25) is 0 Å². The minimum Gasteiger partial charge on any atom is -0.481 e. The Labute approximate surface area is 103 Å². The first-order chi connectivity index (χ1) is 7.85. The Bertz CT molecular complexity index is 474. The number of aromatic nitrogens is 2. The molecule has 4 heteroatoms. The molecule has 0 saturated carbocycles.